The average molecular weight is 432 g/mol. The number of aromatic nitrogens is 2. The second-order valence-corrected chi connectivity index (χ2v) is 9.53. The second kappa shape index (κ2) is 8.59. The molecule has 2 heterocycles. The molecule has 3 aromatic rings. The van der Waals surface area contributed by atoms with Gasteiger partial charge in [-0.3, -0.25) is 14.2 Å². The fraction of sp³-hybridized carbons (Fsp3) is 0.381. The van der Waals surface area contributed by atoms with Crippen molar-refractivity contribution in [2.24, 2.45) is 13.0 Å². The van der Waals surface area contributed by atoms with E-state index in [-0.39, 0.29) is 17.4 Å². The number of benzene rings is 1. The van der Waals surface area contributed by atoms with Crippen LogP contribution in [-0.2, 0) is 11.8 Å². The molecule has 0 aliphatic rings. The number of methoxy groups -OCH3 is 1. The van der Waals surface area contributed by atoms with Gasteiger partial charge in [-0.15, -0.1) is 11.3 Å². The predicted molar refractivity (Wildman–Crippen MR) is 120 cm³/mol. The van der Waals surface area contributed by atoms with E-state index in [1.807, 2.05) is 27.7 Å². The van der Waals surface area contributed by atoms with E-state index in [9.17, 15) is 9.59 Å². The molecule has 0 radical (unpaired) electrons. The summed E-state index contributed by atoms with van der Waals surface area (Å²) in [5, 5.41) is 3.78. The lowest BCUT2D eigenvalue weighted by molar-refractivity contribution is -0.116. The van der Waals surface area contributed by atoms with Gasteiger partial charge in [-0.1, -0.05) is 25.6 Å². The zero-order valence-corrected chi connectivity index (χ0v) is 19.0. The van der Waals surface area contributed by atoms with Crippen molar-refractivity contribution in [1.82, 2.24) is 9.55 Å². The van der Waals surface area contributed by atoms with E-state index < -0.39 is 5.25 Å². The fourth-order valence-electron chi connectivity index (χ4n) is 2.96. The normalized spacial score (nSPS) is 12.4. The van der Waals surface area contributed by atoms with Crippen molar-refractivity contribution in [3.05, 3.63) is 45.1 Å². The van der Waals surface area contributed by atoms with Crippen LogP contribution >= 0.6 is 23.1 Å². The molecule has 2 aromatic heterocycles. The molecule has 29 heavy (non-hydrogen) atoms. The van der Waals surface area contributed by atoms with Crippen molar-refractivity contribution in [2.75, 3.05) is 12.4 Å². The Kier molecular flexibility index (Phi) is 6.33. The highest BCUT2D eigenvalue weighted by Gasteiger charge is 2.26. The molecule has 0 aliphatic carbocycles. The number of nitrogens with one attached hydrogen (secondary N) is 1. The second-order valence-electron chi connectivity index (χ2n) is 7.22. The molecule has 0 bridgehead atoms. The van der Waals surface area contributed by atoms with Crippen LogP contribution in [0.3, 0.4) is 0 Å². The summed E-state index contributed by atoms with van der Waals surface area (Å²) in [5.74, 6) is 0.660. The average Bonchev–Trinajstić information content (AvgIpc) is 2.97. The minimum atomic E-state index is -0.394. The fourth-order valence-corrected chi connectivity index (χ4v) is 5.08. The largest absolute Gasteiger partial charge is 0.497 e. The number of aryl methyl sites for hydroxylation is 2. The van der Waals surface area contributed by atoms with E-state index in [0.29, 0.717) is 16.2 Å². The molecule has 1 N–H and O–H groups in total. The van der Waals surface area contributed by atoms with Crippen molar-refractivity contribution in [1.29, 1.82) is 0 Å². The molecule has 1 aromatic carbocycles. The van der Waals surface area contributed by atoms with Crippen LogP contribution in [0.25, 0.3) is 10.2 Å². The van der Waals surface area contributed by atoms with Crippen LogP contribution in [0.4, 0.5) is 5.69 Å². The molecule has 1 unspecified atom stereocenters. The molecule has 8 heteroatoms. The Morgan fingerprint density at radius 3 is 2.48 bits per heavy atom. The van der Waals surface area contributed by atoms with E-state index in [0.717, 1.165) is 21.0 Å². The SMILES string of the molecule is COc1ccc(NC(=O)C(Sc2nc3sc(C)c(C)c3c(=O)n2C)C(C)C)cc1. The number of thioether (sulfide) groups is 1. The quantitative estimate of drug-likeness (QED) is 0.463. The van der Waals surface area contributed by atoms with E-state index >= 15 is 0 Å². The van der Waals surface area contributed by atoms with Gasteiger partial charge in [0.1, 0.15) is 10.6 Å². The number of hydrogen-bond donors (Lipinski definition) is 1. The highest BCUT2D eigenvalue weighted by atomic mass is 32.2. The van der Waals surface area contributed by atoms with Gasteiger partial charge in [0.15, 0.2) is 5.16 Å². The van der Waals surface area contributed by atoms with Crippen LogP contribution < -0.4 is 15.6 Å². The molecule has 1 amide bonds. The van der Waals surface area contributed by atoms with Crippen LogP contribution in [-0.4, -0.2) is 27.8 Å². The van der Waals surface area contributed by atoms with E-state index in [1.54, 1.807) is 43.0 Å². The maximum atomic E-state index is 13.0. The maximum Gasteiger partial charge on any atom is 0.262 e. The van der Waals surface area contributed by atoms with Gasteiger partial charge in [-0.05, 0) is 49.6 Å². The van der Waals surface area contributed by atoms with Gasteiger partial charge in [-0.25, -0.2) is 4.98 Å². The summed E-state index contributed by atoms with van der Waals surface area (Å²) in [5.41, 5.74) is 1.61. The number of anilines is 1. The standard InChI is InChI=1S/C21H25N3O3S2/c1-11(2)17(18(25)22-14-7-9-15(27-6)10-8-14)29-21-23-19-16(20(26)24(21)5)12(3)13(4)28-19/h7-11,17H,1-6H3,(H,22,25). The number of rotatable bonds is 6. The van der Waals surface area contributed by atoms with E-state index in [1.165, 1.54) is 23.1 Å². The zero-order chi connectivity index (χ0) is 21.3. The number of hydrogen-bond acceptors (Lipinski definition) is 6. The van der Waals surface area contributed by atoms with Crippen molar-refractivity contribution in [3.63, 3.8) is 0 Å². The maximum absolute atomic E-state index is 13.0. The topological polar surface area (TPSA) is 73.2 Å². The van der Waals surface area contributed by atoms with E-state index in [2.05, 4.69) is 5.32 Å². The minimum absolute atomic E-state index is 0.0534. The predicted octanol–water partition coefficient (Wildman–Crippen LogP) is 4.38. The first-order valence-electron chi connectivity index (χ1n) is 9.31. The molecule has 0 saturated heterocycles. The van der Waals surface area contributed by atoms with Crippen molar-refractivity contribution < 1.29 is 9.53 Å². The van der Waals surface area contributed by atoms with Crippen molar-refractivity contribution >= 4 is 44.9 Å². The number of fused-ring (bicyclic) bond motifs is 1. The van der Waals surface area contributed by atoms with E-state index in [4.69, 9.17) is 9.72 Å². The zero-order valence-electron chi connectivity index (χ0n) is 17.4. The number of amides is 1. The number of thiophene rings is 1. The Hall–Kier alpha value is -2.32. The van der Waals surface area contributed by atoms with Crippen LogP contribution in [0, 0.1) is 19.8 Å². The molecule has 1 atom stereocenters. The molecule has 154 valence electrons. The summed E-state index contributed by atoms with van der Waals surface area (Å²) in [6.45, 7) is 7.92. The van der Waals surface area contributed by atoms with Crippen molar-refractivity contribution in [2.45, 2.75) is 38.1 Å². The van der Waals surface area contributed by atoms with Gasteiger partial charge in [0.2, 0.25) is 5.91 Å². The summed E-state index contributed by atoms with van der Waals surface area (Å²) >= 11 is 2.84. The lowest BCUT2D eigenvalue weighted by atomic mass is 10.1. The summed E-state index contributed by atoms with van der Waals surface area (Å²) in [7, 11) is 3.31. The van der Waals surface area contributed by atoms with Gasteiger partial charge in [0.05, 0.1) is 17.7 Å². The molecule has 0 aliphatic heterocycles. The number of carbonyl (C=O) groups excluding carboxylic acids is 1. The third kappa shape index (κ3) is 4.33. The monoisotopic (exact) mass is 431 g/mol. The molecule has 0 saturated carbocycles. The smallest absolute Gasteiger partial charge is 0.262 e. The van der Waals surface area contributed by atoms with Crippen molar-refractivity contribution in [3.8, 4) is 5.75 Å². The first-order valence-corrected chi connectivity index (χ1v) is 11.0. The van der Waals surface area contributed by atoms with Gasteiger partial charge < -0.3 is 10.1 Å². The minimum Gasteiger partial charge on any atom is -0.497 e. The highest BCUT2D eigenvalue weighted by molar-refractivity contribution is 8.00. The molecular formula is C21H25N3O3S2. The molecule has 0 spiro atoms. The molecule has 3 rings (SSSR count). The van der Waals surface area contributed by atoms with Gasteiger partial charge in [-0.2, -0.15) is 0 Å². The Morgan fingerprint density at radius 2 is 1.90 bits per heavy atom. The summed E-state index contributed by atoms with van der Waals surface area (Å²) in [6.07, 6.45) is 0. The van der Waals surface area contributed by atoms with Crippen LogP contribution in [0.5, 0.6) is 5.75 Å². The first-order chi connectivity index (χ1) is 13.7. The van der Waals surface area contributed by atoms with Crippen LogP contribution in [0.15, 0.2) is 34.2 Å². The number of carbonyl (C=O) groups is 1. The van der Waals surface area contributed by atoms with Gasteiger partial charge >= 0.3 is 0 Å². The third-order valence-electron chi connectivity index (χ3n) is 4.82. The molecular weight excluding hydrogens is 406 g/mol. The molecule has 0 fully saturated rings. The summed E-state index contributed by atoms with van der Waals surface area (Å²) in [4.78, 5) is 32.3. The third-order valence-corrected chi connectivity index (χ3v) is 7.51. The van der Waals surface area contributed by atoms with Crippen LogP contribution in [0.1, 0.15) is 24.3 Å². The highest BCUT2D eigenvalue weighted by Crippen LogP contribution is 2.31. The Balaban J connectivity index is 1.89. The summed E-state index contributed by atoms with van der Waals surface area (Å²) in [6, 6.07) is 7.20. The Bertz CT molecular complexity index is 1100. The Labute approximate surface area is 178 Å². The van der Waals surface area contributed by atoms with Gasteiger partial charge in [0, 0.05) is 17.6 Å². The lowest BCUT2D eigenvalue weighted by Gasteiger charge is -2.20. The first kappa shape index (κ1) is 21.4. The number of ether oxygens (including phenoxy) is 1. The van der Waals surface area contributed by atoms with Crippen LogP contribution in [0.2, 0.25) is 0 Å². The number of nitrogens with zero attached hydrogens (tertiary/aromatic N) is 2. The Morgan fingerprint density at radius 1 is 1.24 bits per heavy atom. The lowest BCUT2D eigenvalue weighted by Crippen LogP contribution is -2.31. The molecule has 6 nitrogen and oxygen atoms in total. The van der Waals surface area contributed by atoms with Gasteiger partial charge in [0.25, 0.3) is 5.56 Å². The summed E-state index contributed by atoms with van der Waals surface area (Å²) < 4.78 is 6.70.